The van der Waals surface area contributed by atoms with Crippen LogP contribution in [0.2, 0.25) is 0 Å². The van der Waals surface area contributed by atoms with Crippen LogP contribution in [0.5, 0.6) is 5.75 Å². The summed E-state index contributed by atoms with van der Waals surface area (Å²) in [5.41, 5.74) is 4.74. The van der Waals surface area contributed by atoms with Gasteiger partial charge in [-0.05, 0) is 54.1 Å². The normalized spacial score (nSPS) is 11.1. The average Bonchev–Trinajstić information content (AvgIpc) is 2.69. The van der Waals surface area contributed by atoms with Crippen molar-refractivity contribution in [1.29, 1.82) is 0 Å². The fraction of sp³-hybridized carbons (Fsp3) is 0. The first kappa shape index (κ1) is 16.7. The molecule has 132 valence electrons. The van der Waals surface area contributed by atoms with E-state index in [1.807, 2.05) is 24.3 Å². The van der Waals surface area contributed by atoms with E-state index < -0.39 is 0 Å². The first-order chi connectivity index (χ1) is 13.2. The fourth-order valence-electron chi connectivity index (χ4n) is 2.65. The van der Waals surface area contributed by atoms with Crippen molar-refractivity contribution in [2.24, 2.45) is 5.10 Å². The van der Waals surface area contributed by atoms with Crippen LogP contribution in [0, 0.1) is 5.82 Å². The topological polar surface area (TPSA) is 70.4 Å². The zero-order valence-electron chi connectivity index (χ0n) is 14.2. The number of para-hydroxylation sites is 1. The molecule has 27 heavy (non-hydrogen) atoms. The number of rotatable bonds is 4. The van der Waals surface area contributed by atoms with Crippen molar-refractivity contribution >= 4 is 22.9 Å². The summed E-state index contributed by atoms with van der Waals surface area (Å²) in [6.07, 6.45) is 1.61. The number of hydrazone groups is 1. The van der Waals surface area contributed by atoms with Gasteiger partial charge in [-0.1, -0.05) is 24.3 Å². The van der Waals surface area contributed by atoms with Crippen LogP contribution in [0.4, 0.5) is 10.2 Å². The number of fused-ring (bicyclic) bond motifs is 1. The van der Waals surface area contributed by atoms with Crippen molar-refractivity contribution < 1.29 is 9.50 Å². The summed E-state index contributed by atoms with van der Waals surface area (Å²) in [4.78, 5) is 8.93. The molecule has 1 aromatic heterocycles. The van der Waals surface area contributed by atoms with Gasteiger partial charge in [-0.2, -0.15) is 5.10 Å². The van der Waals surface area contributed by atoms with Gasteiger partial charge >= 0.3 is 0 Å². The summed E-state index contributed by atoms with van der Waals surface area (Å²) >= 11 is 0. The summed E-state index contributed by atoms with van der Waals surface area (Å²) < 4.78 is 14.2. The number of anilines is 1. The Kier molecular flexibility index (Phi) is 4.45. The van der Waals surface area contributed by atoms with E-state index in [2.05, 4.69) is 20.5 Å². The summed E-state index contributed by atoms with van der Waals surface area (Å²) in [5.74, 6) is 0.575. The van der Waals surface area contributed by atoms with Gasteiger partial charge in [-0.25, -0.2) is 14.4 Å². The smallest absolute Gasteiger partial charge is 0.165 e. The number of phenols is 1. The number of hydrogen-bond acceptors (Lipinski definition) is 5. The van der Waals surface area contributed by atoms with Crippen LogP contribution in [0.3, 0.4) is 0 Å². The van der Waals surface area contributed by atoms with Crippen molar-refractivity contribution in [3.05, 3.63) is 84.2 Å². The zero-order chi connectivity index (χ0) is 18.6. The average molecular weight is 358 g/mol. The molecule has 0 radical (unpaired) electrons. The highest BCUT2D eigenvalue weighted by molar-refractivity contribution is 5.91. The Hall–Kier alpha value is -3.80. The predicted molar refractivity (Wildman–Crippen MR) is 104 cm³/mol. The maximum Gasteiger partial charge on any atom is 0.165 e. The van der Waals surface area contributed by atoms with Gasteiger partial charge in [0.05, 0.1) is 17.3 Å². The largest absolute Gasteiger partial charge is 0.508 e. The molecule has 3 aromatic carbocycles. The third-order valence-corrected chi connectivity index (χ3v) is 4.00. The van der Waals surface area contributed by atoms with Gasteiger partial charge in [-0.15, -0.1) is 0 Å². The molecule has 1 heterocycles. The van der Waals surface area contributed by atoms with Crippen LogP contribution in [0.15, 0.2) is 77.9 Å². The molecule has 0 aliphatic rings. The van der Waals surface area contributed by atoms with Crippen molar-refractivity contribution in [3.63, 3.8) is 0 Å². The number of nitrogens with zero attached hydrogens (tertiary/aromatic N) is 3. The maximum atomic E-state index is 14.2. The van der Waals surface area contributed by atoms with Gasteiger partial charge in [0.2, 0.25) is 0 Å². The van der Waals surface area contributed by atoms with E-state index in [0.717, 1.165) is 10.9 Å². The van der Waals surface area contributed by atoms with Gasteiger partial charge < -0.3 is 5.11 Å². The highest BCUT2D eigenvalue weighted by Crippen LogP contribution is 2.26. The zero-order valence-corrected chi connectivity index (χ0v) is 14.2. The second kappa shape index (κ2) is 7.21. The lowest BCUT2D eigenvalue weighted by molar-refractivity contribution is 0.475. The van der Waals surface area contributed by atoms with E-state index >= 15 is 0 Å². The third-order valence-electron chi connectivity index (χ3n) is 4.00. The van der Waals surface area contributed by atoms with Crippen LogP contribution >= 0.6 is 0 Å². The lowest BCUT2D eigenvalue weighted by atomic mass is 10.1. The molecular weight excluding hydrogens is 343 g/mol. The molecule has 0 atom stereocenters. The van der Waals surface area contributed by atoms with Crippen LogP contribution in [0.25, 0.3) is 22.3 Å². The van der Waals surface area contributed by atoms with Crippen molar-refractivity contribution in [1.82, 2.24) is 9.97 Å². The highest BCUT2D eigenvalue weighted by atomic mass is 19.1. The van der Waals surface area contributed by atoms with Gasteiger partial charge in [0.15, 0.2) is 11.6 Å². The number of phenolic OH excluding ortho intramolecular Hbond substituents is 1. The van der Waals surface area contributed by atoms with E-state index in [1.54, 1.807) is 48.7 Å². The summed E-state index contributed by atoms with van der Waals surface area (Å²) in [6, 6.07) is 20.5. The van der Waals surface area contributed by atoms with E-state index in [0.29, 0.717) is 16.9 Å². The van der Waals surface area contributed by atoms with E-state index in [-0.39, 0.29) is 17.4 Å². The minimum Gasteiger partial charge on any atom is -0.508 e. The Morgan fingerprint density at radius 3 is 2.44 bits per heavy atom. The molecule has 0 fully saturated rings. The number of halogens is 1. The number of aromatic nitrogens is 2. The molecule has 0 unspecified atom stereocenters. The van der Waals surface area contributed by atoms with Crippen molar-refractivity contribution in [2.45, 2.75) is 0 Å². The molecule has 0 spiro atoms. The van der Waals surface area contributed by atoms with Crippen LogP contribution < -0.4 is 5.43 Å². The molecule has 4 aromatic rings. The highest BCUT2D eigenvalue weighted by Gasteiger charge is 2.11. The standard InChI is InChI=1S/C21H15FN4O/c22-18-7-3-1-5-16(18)20-24-19-8-4-2-6-17(19)21(25-20)26-23-13-14-9-11-15(27)12-10-14/h1-13,27H,(H,24,25,26)/b23-13-. The molecule has 2 N–H and O–H groups in total. The van der Waals surface area contributed by atoms with Crippen LogP contribution in [0.1, 0.15) is 5.56 Å². The number of aromatic hydroxyl groups is 1. The van der Waals surface area contributed by atoms with E-state index in [1.165, 1.54) is 6.07 Å². The van der Waals surface area contributed by atoms with Gasteiger partial charge in [0, 0.05) is 5.39 Å². The van der Waals surface area contributed by atoms with Crippen molar-refractivity contribution in [3.8, 4) is 17.1 Å². The van der Waals surface area contributed by atoms with Gasteiger partial charge in [-0.3, -0.25) is 5.43 Å². The lowest BCUT2D eigenvalue weighted by Crippen LogP contribution is -2.00. The Balaban J connectivity index is 1.72. The molecule has 6 heteroatoms. The van der Waals surface area contributed by atoms with E-state index in [9.17, 15) is 9.50 Å². The van der Waals surface area contributed by atoms with Crippen LogP contribution in [-0.2, 0) is 0 Å². The Morgan fingerprint density at radius 2 is 1.63 bits per heavy atom. The van der Waals surface area contributed by atoms with E-state index in [4.69, 9.17) is 0 Å². The Bertz CT molecular complexity index is 1130. The maximum absolute atomic E-state index is 14.2. The number of nitrogens with one attached hydrogen (secondary N) is 1. The predicted octanol–water partition coefficient (Wildman–Crippen LogP) is 4.59. The van der Waals surface area contributed by atoms with Crippen molar-refractivity contribution in [2.75, 3.05) is 5.43 Å². The SMILES string of the molecule is Oc1ccc(/C=N\Nc2nc(-c3ccccc3F)nc3ccccc23)cc1. The molecule has 0 bridgehead atoms. The summed E-state index contributed by atoms with van der Waals surface area (Å²) in [6.45, 7) is 0. The molecule has 0 saturated carbocycles. The minimum atomic E-state index is -0.383. The fourth-order valence-corrected chi connectivity index (χ4v) is 2.65. The summed E-state index contributed by atoms with van der Waals surface area (Å²) in [7, 11) is 0. The van der Waals surface area contributed by atoms with Crippen LogP contribution in [-0.4, -0.2) is 21.3 Å². The number of hydrogen-bond donors (Lipinski definition) is 2. The minimum absolute atomic E-state index is 0.191. The molecule has 0 aliphatic heterocycles. The Morgan fingerprint density at radius 1 is 0.889 bits per heavy atom. The second-order valence-electron chi connectivity index (χ2n) is 5.85. The van der Waals surface area contributed by atoms with Gasteiger partial charge in [0.25, 0.3) is 0 Å². The molecule has 5 nitrogen and oxygen atoms in total. The Labute approximate surface area is 154 Å². The number of benzene rings is 3. The first-order valence-electron chi connectivity index (χ1n) is 8.30. The molecule has 4 rings (SSSR count). The molecule has 0 amide bonds. The second-order valence-corrected chi connectivity index (χ2v) is 5.85. The van der Waals surface area contributed by atoms with Gasteiger partial charge in [0.1, 0.15) is 11.6 Å². The first-order valence-corrected chi connectivity index (χ1v) is 8.30. The summed E-state index contributed by atoms with van der Waals surface area (Å²) in [5, 5.41) is 14.3. The molecular formula is C21H15FN4O. The molecule has 0 aliphatic carbocycles. The quantitative estimate of drug-likeness (QED) is 0.414. The lowest BCUT2D eigenvalue weighted by Gasteiger charge is -2.08. The molecule has 0 saturated heterocycles. The third kappa shape index (κ3) is 3.59. The monoisotopic (exact) mass is 358 g/mol.